The highest BCUT2D eigenvalue weighted by Crippen LogP contribution is 2.33. The third-order valence-corrected chi connectivity index (χ3v) is 9.80. The number of nitrogens with one attached hydrogen (secondary N) is 1. The lowest BCUT2D eigenvalue weighted by Gasteiger charge is -2.34. The number of sulfonamides is 1. The van der Waals surface area contributed by atoms with Crippen LogP contribution in [0.15, 0.2) is 60.0 Å². The average Bonchev–Trinajstić information content (AvgIpc) is 3.54. The van der Waals surface area contributed by atoms with Gasteiger partial charge >= 0.3 is 5.97 Å². The van der Waals surface area contributed by atoms with E-state index < -0.39 is 27.9 Å². The van der Waals surface area contributed by atoms with Crippen molar-refractivity contribution in [1.82, 2.24) is 13.9 Å². The summed E-state index contributed by atoms with van der Waals surface area (Å²) in [7, 11) is -2.25. The van der Waals surface area contributed by atoms with Crippen LogP contribution in [0.4, 0.5) is 5.13 Å². The van der Waals surface area contributed by atoms with Crippen molar-refractivity contribution < 1.29 is 22.7 Å². The molecule has 4 aromatic rings. The van der Waals surface area contributed by atoms with E-state index in [2.05, 4.69) is 14.9 Å². The van der Waals surface area contributed by atoms with Gasteiger partial charge in [0.25, 0.3) is 0 Å². The lowest BCUT2D eigenvalue weighted by Crippen LogP contribution is -2.51. The highest BCUT2D eigenvalue weighted by Gasteiger charge is 2.38. The maximum absolute atomic E-state index is 13.4. The second-order valence-electron chi connectivity index (χ2n) is 9.62. The number of fused-ring (bicyclic) bond motifs is 1. The molecule has 11 heteroatoms. The first-order chi connectivity index (χ1) is 19.1. The molecule has 0 saturated heterocycles. The first-order valence-corrected chi connectivity index (χ1v) is 15.3. The zero-order valence-corrected chi connectivity index (χ0v) is 24.3. The molecule has 2 aromatic heterocycles. The topological polar surface area (TPSA) is 111 Å². The molecule has 0 radical (unpaired) electrons. The van der Waals surface area contributed by atoms with Gasteiger partial charge in [-0.15, -0.1) is 11.3 Å². The zero-order valence-electron chi connectivity index (χ0n) is 22.7. The number of amides is 1. The smallest absolute Gasteiger partial charge is 0.337 e. The summed E-state index contributed by atoms with van der Waals surface area (Å²) in [5, 5.41) is 5.14. The van der Waals surface area contributed by atoms with Crippen LogP contribution >= 0.6 is 11.3 Å². The van der Waals surface area contributed by atoms with Gasteiger partial charge in [0, 0.05) is 34.6 Å². The Labute approximate surface area is 237 Å². The zero-order chi connectivity index (χ0) is 28.6. The monoisotopic (exact) mass is 578 g/mol. The molecule has 5 rings (SSSR count). The Hall–Kier alpha value is -3.80. The van der Waals surface area contributed by atoms with Crippen LogP contribution in [0.3, 0.4) is 0 Å². The number of esters is 1. The van der Waals surface area contributed by atoms with Gasteiger partial charge in [-0.25, -0.2) is 18.2 Å². The number of rotatable bonds is 7. The quantitative estimate of drug-likeness (QED) is 0.318. The maximum atomic E-state index is 13.4. The number of ether oxygens (including phenoxy) is 1. The van der Waals surface area contributed by atoms with Gasteiger partial charge in [-0.1, -0.05) is 24.3 Å². The van der Waals surface area contributed by atoms with Gasteiger partial charge in [-0.3, -0.25) is 4.79 Å². The molecule has 0 unspecified atom stereocenters. The van der Waals surface area contributed by atoms with Crippen LogP contribution in [-0.4, -0.2) is 53.1 Å². The lowest BCUT2D eigenvalue weighted by molar-refractivity contribution is -0.120. The fourth-order valence-corrected chi connectivity index (χ4v) is 7.05. The summed E-state index contributed by atoms with van der Waals surface area (Å²) in [4.78, 5) is 29.9. The molecule has 0 spiro atoms. The second kappa shape index (κ2) is 11.0. The highest BCUT2D eigenvalue weighted by molar-refractivity contribution is 7.89. The molecule has 0 aliphatic carbocycles. The number of carbonyl (C=O) groups excluding carboxylic acids is 2. The number of aryl methyl sites for hydroxylation is 1. The molecule has 1 amide bonds. The average molecular weight is 579 g/mol. The second-order valence-corrected chi connectivity index (χ2v) is 12.7. The van der Waals surface area contributed by atoms with Crippen LogP contribution in [0, 0.1) is 13.8 Å². The molecule has 0 saturated carbocycles. The number of anilines is 1. The molecule has 0 bridgehead atoms. The minimum absolute atomic E-state index is 0.0820. The van der Waals surface area contributed by atoms with E-state index in [1.165, 1.54) is 22.8 Å². The third-order valence-electron chi connectivity index (χ3n) is 7.22. The predicted octanol–water partition coefficient (Wildman–Crippen LogP) is 4.72. The van der Waals surface area contributed by atoms with Gasteiger partial charge in [0.05, 0.1) is 24.1 Å². The molecule has 3 heterocycles. The lowest BCUT2D eigenvalue weighted by atomic mass is 9.95. The van der Waals surface area contributed by atoms with E-state index in [1.54, 1.807) is 19.1 Å². The first-order valence-electron chi connectivity index (χ1n) is 12.8. The molecular formula is C29H30N4O5S2. The number of carbonyl (C=O) groups is 2. The van der Waals surface area contributed by atoms with Crippen molar-refractivity contribution in [2.45, 2.75) is 39.8 Å². The standard InChI is InChI=1S/C29H30N4O5S2/c1-5-40(36,37)32-16-22-9-7-6-8-21(22)15-26(32)27(34)31-29-30-25(17-39-29)24-14-18(2)33(19(24)3)23-12-10-20(11-13-23)28(35)38-4/h6-14,17,26H,5,15-16H2,1-4H3,(H,30,31,34)/t26-/m1/s1. The first kappa shape index (κ1) is 27.8. The van der Waals surface area contributed by atoms with E-state index in [-0.39, 0.29) is 12.3 Å². The van der Waals surface area contributed by atoms with Crippen LogP contribution in [0.1, 0.15) is 39.8 Å². The number of methoxy groups -OCH3 is 1. The van der Waals surface area contributed by atoms with Crippen molar-refractivity contribution >= 4 is 38.4 Å². The number of hydrogen-bond acceptors (Lipinski definition) is 7. The van der Waals surface area contributed by atoms with Crippen LogP contribution in [-0.2, 0) is 32.5 Å². The normalized spacial score (nSPS) is 15.4. The van der Waals surface area contributed by atoms with E-state index in [0.717, 1.165) is 33.8 Å². The van der Waals surface area contributed by atoms with Crippen LogP contribution in [0.25, 0.3) is 16.9 Å². The summed E-state index contributed by atoms with van der Waals surface area (Å²) in [6, 6.07) is 16.0. The van der Waals surface area contributed by atoms with E-state index >= 15 is 0 Å². The molecule has 1 atom stereocenters. The summed E-state index contributed by atoms with van der Waals surface area (Å²) >= 11 is 1.29. The van der Waals surface area contributed by atoms with E-state index in [4.69, 9.17) is 4.74 Å². The number of thiazole rings is 1. The third kappa shape index (κ3) is 5.19. The van der Waals surface area contributed by atoms with Crippen molar-refractivity contribution in [2.24, 2.45) is 0 Å². The molecule has 208 valence electrons. The van der Waals surface area contributed by atoms with Crippen molar-refractivity contribution in [3.63, 3.8) is 0 Å². The van der Waals surface area contributed by atoms with Crippen LogP contribution in [0.5, 0.6) is 0 Å². The van der Waals surface area contributed by atoms with Crippen LogP contribution in [0.2, 0.25) is 0 Å². The highest BCUT2D eigenvalue weighted by atomic mass is 32.2. The number of aromatic nitrogens is 2. The van der Waals surface area contributed by atoms with Gasteiger partial charge in [0.15, 0.2) is 5.13 Å². The Morgan fingerprint density at radius 2 is 1.80 bits per heavy atom. The van der Waals surface area contributed by atoms with Crippen LogP contribution < -0.4 is 5.32 Å². The Morgan fingerprint density at radius 1 is 1.10 bits per heavy atom. The number of hydrogen-bond donors (Lipinski definition) is 1. The minimum Gasteiger partial charge on any atom is -0.465 e. The molecule has 0 fully saturated rings. The summed E-state index contributed by atoms with van der Waals surface area (Å²) in [6.07, 6.45) is 0.301. The Balaban J connectivity index is 1.38. The predicted molar refractivity (Wildman–Crippen MR) is 155 cm³/mol. The molecule has 1 aliphatic heterocycles. The van der Waals surface area contributed by atoms with E-state index in [9.17, 15) is 18.0 Å². The summed E-state index contributed by atoms with van der Waals surface area (Å²) in [5.41, 5.74) is 6.81. The maximum Gasteiger partial charge on any atom is 0.337 e. The van der Waals surface area contributed by atoms with Gasteiger partial charge in [0.2, 0.25) is 15.9 Å². The Bertz CT molecular complexity index is 1690. The fourth-order valence-electron chi connectivity index (χ4n) is 5.11. The van der Waals surface area contributed by atoms with Gasteiger partial charge in [-0.05, 0) is 68.7 Å². The Kier molecular flexibility index (Phi) is 7.63. The van der Waals surface area contributed by atoms with Crippen molar-refractivity contribution in [2.75, 3.05) is 18.2 Å². The van der Waals surface area contributed by atoms with Gasteiger partial charge in [0.1, 0.15) is 6.04 Å². The minimum atomic E-state index is -3.60. The number of nitrogens with zero attached hydrogens (tertiary/aromatic N) is 3. The van der Waals surface area contributed by atoms with Crippen molar-refractivity contribution in [1.29, 1.82) is 0 Å². The van der Waals surface area contributed by atoms with E-state index in [1.807, 2.05) is 61.7 Å². The summed E-state index contributed by atoms with van der Waals surface area (Å²) in [6.45, 7) is 5.73. The molecule has 2 aromatic carbocycles. The number of benzene rings is 2. The molecule has 9 nitrogen and oxygen atoms in total. The summed E-state index contributed by atoms with van der Waals surface area (Å²) < 4.78 is 33.9. The van der Waals surface area contributed by atoms with E-state index in [0.29, 0.717) is 22.8 Å². The van der Waals surface area contributed by atoms with Gasteiger partial charge < -0.3 is 14.6 Å². The SMILES string of the molecule is CCS(=O)(=O)N1Cc2ccccc2C[C@@H]1C(=O)Nc1nc(-c2cc(C)n(-c3ccc(C(=O)OC)cc3)c2C)cs1. The van der Waals surface area contributed by atoms with Gasteiger partial charge in [-0.2, -0.15) is 4.31 Å². The molecule has 40 heavy (non-hydrogen) atoms. The molecule has 1 N–H and O–H groups in total. The van der Waals surface area contributed by atoms with Crippen molar-refractivity contribution in [3.8, 4) is 16.9 Å². The largest absolute Gasteiger partial charge is 0.465 e. The molecular weight excluding hydrogens is 548 g/mol. The molecule has 1 aliphatic rings. The summed E-state index contributed by atoms with van der Waals surface area (Å²) in [5.74, 6) is -0.872. The fraction of sp³-hybridized carbons (Fsp3) is 0.276. The van der Waals surface area contributed by atoms with Crippen molar-refractivity contribution in [3.05, 3.63) is 88.1 Å². The Morgan fingerprint density at radius 3 is 2.48 bits per heavy atom.